The molecular weight excluding hydrogens is 184 g/mol. The van der Waals surface area contributed by atoms with Crippen LogP contribution in [-0.4, -0.2) is 56.9 Å². The SMILES string of the molecule is OC[C@H]1O[C@@H]([S-])[C@H](O)[C@@H](O)[C@@H]1O. The van der Waals surface area contributed by atoms with Crippen LogP contribution < -0.4 is 0 Å². The highest BCUT2D eigenvalue weighted by Gasteiger charge is 2.38. The van der Waals surface area contributed by atoms with Crippen molar-refractivity contribution in [3.8, 4) is 0 Å². The third kappa shape index (κ3) is 1.73. The van der Waals surface area contributed by atoms with Gasteiger partial charge in [-0.1, -0.05) is 0 Å². The van der Waals surface area contributed by atoms with Gasteiger partial charge in [-0.25, -0.2) is 0 Å². The van der Waals surface area contributed by atoms with Gasteiger partial charge < -0.3 is 37.8 Å². The first-order valence-electron chi connectivity index (χ1n) is 3.54. The molecule has 12 heavy (non-hydrogen) atoms. The standard InChI is InChI=1S/C6H12O5S/c7-1-2-3(8)4(9)5(10)6(12)11-2/h2-10,12H,1H2/p-1/t2-,3-,4+,5-,6+/m1/s1. The van der Waals surface area contributed by atoms with Gasteiger partial charge >= 0.3 is 0 Å². The molecular formula is C6H11O5S-. The summed E-state index contributed by atoms with van der Waals surface area (Å²) in [5.74, 6) is 0. The van der Waals surface area contributed by atoms with E-state index < -0.39 is 36.5 Å². The zero-order chi connectivity index (χ0) is 9.30. The summed E-state index contributed by atoms with van der Waals surface area (Å²) in [4.78, 5) is 0. The van der Waals surface area contributed by atoms with Crippen LogP contribution in [0.1, 0.15) is 0 Å². The first-order valence-corrected chi connectivity index (χ1v) is 4.01. The lowest BCUT2D eigenvalue weighted by Gasteiger charge is -2.43. The number of ether oxygens (including phenoxy) is 1. The summed E-state index contributed by atoms with van der Waals surface area (Å²) in [6, 6.07) is 0. The Bertz CT molecular complexity index is 150. The third-order valence-corrected chi connectivity index (χ3v) is 2.24. The van der Waals surface area contributed by atoms with Gasteiger partial charge in [0.1, 0.15) is 18.3 Å². The molecule has 0 aromatic carbocycles. The van der Waals surface area contributed by atoms with Crippen LogP contribution in [-0.2, 0) is 17.4 Å². The highest BCUT2D eigenvalue weighted by molar-refractivity contribution is 7.59. The van der Waals surface area contributed by atoms with E-state index >= 15 is 0 Å². The molecule has 6 heteroatoms. The predicted octanol–water partition coefficient (Wildman–Crippen LogP) is -2.67. The summed E-state index contributed by atoms with van der Waals surface area (Å²) < 4.78 is 4.84. The fourth-order valence-electron chi connectivity index (χ4n) is 1.07. The van der Waals surface area contributed by atoms with E-state index in [0.717, 1.165) is 0 Å². The van der Waals surface area contributed by atoms with Crippen molar-refractivity contribution in [1.82, 2.24) is 0 Å². The zero-order valence-corrected chi connectivity index (χ0v) is 7.02. The molecule has 0 aromatic rings. The Kier molecular flexibility index (Phi) is 3.33. The summed E-state index contributed by atoms with van der Waals surface area (Å²) in [5, 5.41) is 36.1. The second-order valence-electron chi connectivity index (χ2n) is 2.70. The summed E-state index contributed by atoms with van der Waals surface area (Å²) >= 11 is 4.63. The maximum absolute atomic E-state index is 9.18. The zero-order valence-electron chi connectivity index (χ0n) is 6.20. The third-order valence-electron chi connectivity index (χ3n) is 1.85. The van der Waals surface area contributed by atoms with Crippen molar-refractivity contribution < 1.29 is 25.2 Å². The second-order valence-corrected chi connectivity index (χ2v) is 3.16. The highest BCUT2D eigenvalue weighted by Crippen LogP contribution is 2.19. The Hall–Kier alpha value is 0.150. The van der Waals surface area contributed by atoms with Gasteiger partial charge in [-0.2, -0.15) is 0 Å². The van der Waals surface area contributed by atoms with Gasteiger partial charge in [0.15, 0.2) is 0 Å². The summed E-state index contributed by atoms with van der Waals surface area (Å²) in [5.41, 5.74) is -0.986. The maximum Gasteiger partial charge on any atom is 0.111 e. The van der Waals surface area contributed by atoms with Crippen molar-refractivity contribution in [3.63, 3.8) is 0 Å². The summed E-state index contributed by atoms with van der Waals surface area (Å²) in [7, 11) is 0. The fourth-order valence-corrected chi connectivity index (χ4v) is 1.37. The molecule has 0 unspecified atom stereocenters. The van der Waals surface area contributed by atoms with Gasteiger partial charge in [-0.3, -0.25) is 0 Å². The number of rotatable bonds is 1. The van der Waals surface area contributed by atoms with Crippen LogP contribution in [0.5, 0.6) is 0 Å². The van der Waals surface area contributed by atoms with E-state index in [-0.39, 0.29) is 0 Å². The Morgan fingerprint density at radius 1 is 1.08 bits per heavy atom. The largest absolute Gasteiger partial charge is 0.759 e. The fraction of sp³-hybridized carbons (Fsp3) is 1.00. The minimum absolute atomic E-state index is 0.432. The normalized spacial score (nSPS) is 49.2. The lowest BCUT2D eigenvalue weighted by molar-refractivity contribution is -0.205. The molecule has 5 atom stereocenters. The lowest BCUT2D eigenvalue weighted by atomic mass is 10.0. The molecule has 1 rings (SSSR count). The molecule has 4 N–H and O–H groups in total. The molecule has 72 valence electrons. The van der Waals surface area contributed by atoms with E-state index in [4.69, 9.17) is 20.1 Å². The van der Waals surface area contributed by atoms with Crippen molar-refractivity contribution in [3.05, 3.63) is 0 Å². The molecule has 0 aromatic heterocycles. The molecule has 0 saturated carbocycles. The van der Waals surface area contributed by atoms with Crippen LogP contribution in [0, 0.1) is 0 Å². The molecule has 1 saturated heterocycles. The number of aliphatic hydroxyl groups excluding tert-OH is 4. The van der Waals surface area contributed by atoms with E-state index in [1.54, 1.807) is 0 Å². The Morgan fingerprint density at radius 3 is 2.17 bits per heavy atom. The number of hydrogen-bond donors (Lipinski definition) is 4. The van der Waals surface area contributed by atoms with Crippen LogP contribution in [0.3, 0.4) is 0 Å². The van der Waals surface area contributed by atoms with Gasteiger partial charge in [0.05, 0.1) is 12.7 Å². The molecule has 5 nitrogen and oxygen atoms in total. The van der Waals surface area contributed by atoms with E-state index in [1.807, 2.05) is 0 Å². The quantitative estimate of drug-likeness (QED) is 0.341. The van der Waals surface area contributed by atoms with E-state index in [1.165, 1.54) is 0 Å². The minimum atomic E-state index is -1.35. The predicted molar refractivity (Wildman–Crippen MR) is 41.1 cm³/mol. The molecule has 0 radical (unpaired) electrons. The van der Waals surface area contributed by atoms with E-state index in [2.05, 4.69) is 12.6 Å². The van der Waals surface area contributed by atoms with Gasteiger partial charge in [-0.15, -0.1) is 0 Å². The van der Waals surface area contributed by atoms with Gasteiger partial charge in [0.25, 0.3) is 0 Å². The van der Waals surface area contributed by atoms with Crippen molar-refractivity contribution in [2.24, 2.45) is 0 Å². The van der Waals surface area contributed by atoms with Gasteiger partial charge in [0, 0.05) is 0 Å². The number of hydrogen-bond acceptors (Lipinski definition) is 6. The molecule has 1 aliphatic rings. The minimum Gasteiger partial charge on any atom is -0.759 e. The molecule has 0 amide bonds. The summed E-state index contributed by atoms with van der Waals surface area (Å²) in [6.07, 6.45) is -4.83. The topological polar surface area (TPSA) is 90.2 Å². The van der Waals surface area contributed by atoms with Crippen LogP contribution in [0.25, 0.3) is 0 Å². The smallest absolute Gasteiger partial charge is 0.111 e. The Labute approximate surface area is 75.0 Å². The first kappa shape index (κ1) is 10.2. The molecule has 0 spiro atoms. The average Bonchev–Trinajstić information content (AvgIpc) is 2.08. The highest BCUT2D eigenvalue weighted by atomic mass is 32.1. The van der Waals surface area contributed by atoms with Crippen molar-refractivity contribution in [2.45, 2.75) is 29.9 Å². The second kappa shape index (κ2) is 3.91. The van der Waals surface area contributed by atoms with Crippen molar-refractivity contribution >= 4 is 12.6 Å². The first-order chi connectivity index (χ1) is 5.57. The molecule has 0 bridgehead atoms. The number of aliphatic hydroxyl groups is 4. The molecule has 1 fully saturated rings. The van der Waals surface area contributed by atoms with Crippen molar-refractivity contribution in [2.75, 3.05) is 6.61 Å². The average molecular weight is 195 g/mol. The van der Waals surface area contributed by atoms with Crippen LogP contribution in [0.15, 0.2) is 0 Å². The Balaban J connectivity index is 2.63. The lowest BCUT2D eigenvalue weighted by Crippen LogP contribution is -2.57. The van der Waals surface area contributed by atoms with Crippen molar-refractivity contribution in [1.29, 1.82) is 0 Å². The van der Waals surface area contributed by atoms with Gasteiger partial charge in [-0.05, 0) is 5.44 Å². The van der Waals surface area contributed by atoms with Crippen LogP contribution in [0.2, 0.25) is 0 Å². The van der Waals surface area contributed by atoms with Gasteiger partial charge in [0.2, 0.25) is 0 Å². The Morgan fingerprint density at radius 2 is 1.67 bits per heavy atom. The van der Waals surface area contributed by atoms with Crippen LogP contribution >= 0.6 is 0 Å². The monoisotopic (exact) mass is 195 g/mol. The van der Waals surface area contributed by atoms with E-state index in [0.29, 0.717) is 0 Å². The van der Waals surface area contributed by atoms with E-state index in [9.17, 15) is 5.11 Å². The molecule has 1 aliphatic heterocycles. The maximum atomic E-state index is 9.18. The molecule has 0 aliphatic carbocycles. The van der Waals surface area contributed by atoms with Crippen LogP contribution in [0.4, 0.5) is 0 Å². The summed E-state index contributed by atoms with van der Waals surface area (Å²) in [6.45, 7) is -0.432. The molecule has 1 heterocycles.